The smallest absolute Gasteiger partial charge is 0.200 e. The van der Waals surface area contributed by atoms with Gasteiger partial charge >= 0.3 is 0 Å². The summed E-state index contributed by atoms with van der Waals surface area (Å²) in [5.41, 5.74) is 0.547. The zero-order chi connectivity index (χ0) is 12.6. The Kier molecular flexibility index (Phi) is 3.40. The second-order valence-electron chi connectivity index (χ2n) is 3.52. The lowest BCUT2D eigenvalue weighted by atomic mass is 10.0. The van der Waals surface area contributed by atoms with Crippen LogP contribution < -0.4 is 0 Å². The van der Waals surface area contributed by atoms with Crippen molar-refractivity contribution in [2.24, 2.45) is 0 Å². The highest BCUT2D eigenvalue weighted by Gasteiger charge is 2.22. The summed E-state index contributed by atoms with van der Waals surface area (Å²) in [5.74, 6) is -2.33. The molecule has 0 spiro atoms. The van der Waals surface area contributed by atoms with Gasteiger partial charge < -0.3 is 0 Å². The maximum Gasteiger partial charge on any atom is 0.200 e. The largest absolute Gasteiger partial charge is 0.288 e. The third-order valence-corrected chi connectivity index (χ3v) is 3.85. The summed E-state index contributed by atoms with van der Waals surface area (Å²) in [4.78, 5) is 12.0. The fourth-order valence-electron chi connectivity index (χ4n) is 1.46. The highest BCUT2D eigenvalue weighted by Crippen LogP contribution is 2.26. The fraction of sp³-hybridized carbons (Fsp3) is 0.0833. The van der Waals surface area contributed by atoms with E-state index in [1.807, 2.05) is 0 Å². The molecular formula is C12H7BrF2OS. The van der Waals surface area contributed by atoms with Crippen molar-refractivity contribution in [2.45, 2.75) is 6.92 Å². The van der Waals surface area contributed by atoms with Crippen molar-refractivity contribution >= 4 is 33.0 Å². The van der Waals surface area contributed by atoms with Gasteiger partial charge in [0, 0.05) is 10.9 Å². The third kappa shape index (κ3) is 2.17. The average molecular weight is 317 g/mol. The van der Waals surface area contributed by atoms with Crippen LogP contribution in [0, 0.1) is 18.6 Å². The van der Waals surface area contributed by atoms with Crippen LogP contribution in [0.3, 0.4) is 0 Å². The van der Waals surface area contributed by atoms with Crippen LogP contribution in [0.25, 0.3) is 0 Å². The van der Waals surface area contributed by atoms with E-state index in [0.717, 1.165) is 11.6 Å². The second kappa shape index (κ2) is 4.66. The van der Waals surface area contributed by atoms with E-state index in [1.54, 1.807) is 17.7 Å². The molecule has 17 heavy (non-hydrogen) atoms. The summed E-state index contributed by atoms with van der Waals surface area (Å²) in [6, 6.07) is 2.31. The van der Waals surface area contributed by atoms with Gasteiger partial charge in [-0.1, -0.05) is 0 Å². The molecule has 1 nitrogen and oxygen atoms in total. The van der Waals surface area contributed by atoms with Gasteiger partial charge in [-0.15, -0.1) is 0 Å². The van der Waals surface area contributed by atoms with E-state index in [4.69, 9.17) is 0 Å². The number of carbonyl (C=O) groups is 1. The predicted molar refractivity (Wildman–Crippen MR) is 66.5 cm³/mol. The van der Waals surface area contributed by atoms with Crippen molar-refractivity contribution in [3.63, 3.8) is 0 Å². The molecule has 0 amide bonds. The van der Waals surface area contributed by atoms with Gasteiger partial charge in [0.15, 0.2) is 11.6 Å². The second-order valence-corrected chi connectivity index (χ2v) is 5.11. The Morgan fingerprint density at radius 2 is 2.00 bits per heavy atom. The minimum atomic E-state index is -0.861. The van der Waals surface area contributed by atoms with Crippen LogP contribution >= 0.6 is 27.3 Å². The van der Waals surface area contributed by atoms with E-state index >= 15 is 0 Å². The molecule has 0 aliphatic carbocycles. The number of hydrogen-bond acceptors (Lipinski definition) is 2. The van der Waals surface area contributed by atoms with Crippen LogP contribution in [0.15, 0.2) is 27.4 Å². The molecule has 5 heteroatoms. The van der Waals surface area contributed by atoms with Crippen LogP contribution in [-0.2, 0) is 0 Å². The number of halogens is 3. The van der Waals surface area contributed by atoms with E-state index in [1.165, 1.54) is 17.4 Å². The van der Waals surface area contributed by atoms with E-state index in [-0.39, 0.29) is 4.47 Å². The highest BCUT2D eigenvalue weighted by atomic mass is 79.9. The molecule has 0 atom stereocenters. The fourth-order valence-corrected chi connectivity index (χ4v) is 2.62. The SMILES string of the molecule is Cc1cscc1C(=O)c1c(F)ccc(Br)c1F. The van der Waals surface area contributed by atoms with Crippen molar-refractivity contribution in [1.29, 1.82) is 0 Å². The molecule has 0 aliphatic rings. The molecule has 1 aromatic heterocycles. The minimum absolute atomic E-state index is 0.0788. The average Bonchev–Trinajstić information content (AvgIpc) is 2.70. The molecule has 0 fully saturated rings. The summed E-state index contributed by atoms with van der Waals surface area (Å²) in [5, 5.41) is 3.36. The van der Waals surface area contributed by atoms with Crippen LogP contribution in [-0.4, -0.2) is 5.78 Å². The number of ketones is 1. The molecule has 1 heterocycles. The number of aryl methyl sites for hydroxylation is 1. The molecule has 0 saturated heterocycles. The first-order valence-electron chi connectivity index (χ1n) is 4.73. The first-order valence-corrected chi connectivity index (χ1v) is 6.47. The Hall–Kier alpha value is -1.07. The summed E-state index contributed by atoms with van der Waals surface area (Å²) in [7, 11) is 0. The molecule has 0 bridgehead atoms. The van der Waals surface area contributed by atoms with Gasteiger partial charge in [0.05, 0.1) is 10.0 Å². The molecule has 0 aliphatic heterocycles. The van der Waals surface area contributed by atoms with Gasteiger partial charge in [-0.3, -0.25) is 4.79 Å². The number of rotatable bonds is 2. The van der Waals surface area contributed by atoms with E-state index < -0.39 is 23.0 Å². The first-order chi connectivity index (χ1) is 8.02. The lowest BCUT2D eigenvalue weighted by Crippen LogP contribution is -2.08. The summed E-state index contributed by atoms with van der Waals surface area (Å²) < 4.78 is 27.3. The summed E-state index contributed by atoms with van der Waals surface area (Å²) >= 11 is 4.27. The molecule has 0 N–H and O–H groups in total. The van der Waals surface area contributed by atoms with E-state index in [2.05, 4.69) is 15.9 Å². The highest BCUT2D eigenvalue weighted by molar-refractivity contribution is 9.10. The molecule has 2 aromatic rings. The lowest BCUT2D eigenvalue weighted by molar-refractivity contribution is 0.103. The van der Waals surface area contributed by atoms with Gasteiger partial charge in [-0.2, -0.15) is 11.3 Å². The number of carbonyl (C=O) groups excluding carboxylic acids is 1. The van der Waals surface area contributed by atoms with Crippen LogP contribution in [0.2, 0.25) is 0 Å². The molecule has 2 rings (SSSR count). The van der Waals surface area contributed by atoms with Crippen LogP contribution in [0.5, 0.6) is 0 Å². The first kappa shape index (κ1) is 12.4. The topological polar surface area (TPSA) is 17.1 Å². The van der Waals surface area contributed by atoms with Crippen LogP contribution in [0.1, 0.15) is 21.5 Å². The van der Waals surface area contributed by atoms with Crippen molar-refractivity contribution in [3.8, 4) is 0 Å². The van der Waals surface area contributed by atoms with Crippen molar-refractivity contribution < 1.29 is 13.6 Å². The Bertz CT molecular complexity index is 592. The third-order valence-electron chi connectivity index (χ3n) is 2.37. The molecular weight excluding hydrogens is 310 g/mol. The van der Waals surface area contributed by atoms with Gasteiger partial charge in [-0.05, 0) is 45.9 Å². The Labute approximate surface area is 109 Å². The summed E-state index contributed by atoms with van der Waals surface area (Å²) in [6.07, 6.45) is 0. The monoisotopic (exact) mass is 316 g/mol. The minimum Gasteiger partial charge on any atom is -0.288 e. The normalized spacial score (nSPS) is 10.6. The van der Waals surface area contributed by atoms with Crippen LogP contribution in [0.4, 0.5) is 8.78 Å². The van der Waals surface area contributed by atoms with Crippen molar-refractivity contribution in [2.75, 3.05) is 0 Å². The zero-order valence-electron chi connectivity index (χ0n) is 8.76. The van der Waals surface area contributed by atoms with Gasteiger partial charge in [-0.25, -0.2) is 8.78 Å². The van der Waals surface area contributed by atoms with Crippen molar-refractivity contribution in [3.05, 3.63) is 55.7 Å². The Morgan fingerprint density at radius 3 is 2.59 bits per heavy atom. The number of thiophene rings is 1. The van der Waals surface area contributed by atoms with Gasteiger partial charge in [0.2, 0.25) is 0 Å². The molecule has 0 radical (unpaired) electrons. The molecule has 0 unspecified atom stereocenters. The molecule has 1 aromatic carbocycles. The maximum atomic E-state index is 13.7. The molecule has 0 saturated carbocycles. The lowest BCUT2D eigenvalue weighted by Gasteiger charge is -2.05. The van der Waals surface area contributed by atoms with Gasteiger partial charge in [0.1, 0.15) is 5.82 Å². The van der Waals surface area contributed by atoms with Gasteiger partial charge in [0.25, 0.3) is 0 Å². The Balaban J connectivity index is 2.59. The van der Waals surface area contributed by atoms with E-state index in [9.17, 15) is 13.6 Å². The number of benzene rings is 1. The zero-order valence-corrected chi connectivity index (χ0v) is 11.2. The molecule has 88 valence electrons. The Morgan fingerprint density at radius 1 is 1.29 bits per heavy atom. The predicted octanol–water partition coefficient (Wildman–Crippen LogP) is 4.33. The van der Waals surface area contributed by atoms with E-state index in [0.29, 0.717) is 5.56 Å². The maximum absolute atomic E-state index is 13.7. The summed E-state index contributed by atoms with van der Waals surface area (Å²) in [6.45, 7) is 1.73. The quantitative estimate of drug-likeness (QED) is 0.595. The standard InChI is InChI=1S/C12H7BrF2OS/c1-6-4-17-5-7(6)12(16)10-9(14)3-2-8(13)11(10)15/h2-5H,1H3. The number of hydrogen-bond donors (Lipinski definition) is 0. The van der Waals surface area contributed by atoms with Crippen molar-refractivity contribution in [1.82, 2.24) is 0 Å².